The SMILES string of the molecule is O=C(O)CC1CN(Cc2ccc(-c3nc4ccc(C5(c6ccccc6)CC5)nc4s3)c(F)c2)C1. The van der Waals surface area contributed by atoms with Crippen LogP contribution in [-0.4, -0.2) is 39.0 Å². The van der Waals surface area contributed by atoms with Crippen LogP contribution in [0.25, 0.3) is 20.9 Å². The number of carbonyl (C=O) groups is 1. The number of pyridine rings is 1. The molecule has 2 fully saturated rings. The average Bonchev–Trinajstić information content (AvgIpc) is 3.51. The molecule has 1 saturated carbocycles. The zero-order valence-electron chi connectivity index (χ0n) is 18.6. The number of thiazole rings is 1. The molecule has 4 aromatic rings. The van der Waals surface area contributed by atoms with Crippen molar-refractivity contribution in [3.63, 3.8) is 0 Å². The molecular weight excluding hydrogens is 449 g/mol. The Morgan fingerprint density at radius 1 is 1.09 bits per heavy atom. The third kappa shape index (κ3) is 3.89. The van der Waals surface area contributed by atoms with Crippen molar-refractivity contribution >= 4 is 27.7 Å². The van der Waals surface area contributed by atoms with E-state index in [0.29, 0.717) is 17.1 Å². The number of benzene rings is 2. The summed E-state index contributed by atoms with van der Waals surface area (Å²) in [7, 11) is 0. The largest absolute Gasteiger partial charge is 0.481 e. The number of carboxylic acid groups (broad SMARTS) is 1. The molecular formula is C27H24FN3O2S. The molecule has 1 saturated heterocycles. The van der Waals surface area contributed by atoms with E-state index in [0.717, 1.165) is 47.5 Å². The third-order valence-electron chi connectivity index (χ3n) is 6.99. The van der Waals surface area contributed by atoms with Crippen LogP contribution in [0.4, 0.5) is 4.39 Å². The lowest BCUT2D eigenvalue weighted by atomic mass is 9.92. The van der Waals surface area contributed by atoms with Gasteiger partial charge in [0.2, 0.25) is 0 Å². The molecule has 0 spiro atoms. The fourth-order valence-electron chi connectivity index (χ4n) is 5.04. The number of carboxylic acids is 1. The van der Waals surface area contributed by atoms with Crippen LogP contribution < -0.4 is 0 Å². The van der Waals surface area contributed by atoms with Crippen molar-refractivity contribution in [2.45, 2.75) is 31.2 Å². The van der Waals surface area contributed by atoms with E-state index in [2.05, 4.69) is 40.2 Å². The molecule has 2 aliphatic rings. The van der Waals surface area contributed by atoms with Gasteiger partial charge < -0.3 is 5.11 Å². The highest BCUT2D eigenvalue weighted by Gasteiger charge is 2.47. The van der Waals surface area contributed by atoms with Gasteiger partial charge in [0, 0.05) is 30.6 Å². The van der Waals surface area contributed by atoms with Gasteiger partial charge in [0.25, 0.3) is 0 Å². The lowest BCUT2D eigenvalue weighted by molar-refractivity contribution is -0.139. The highest BCUT2D eigenvalue weighted by Crippen LogP contribution is 2.53. The highest BCUT2D eigenvalue weighted by atomic mass is 32.1. The molecule has 0 radical (unpaired) electrons. The number of aromatic nitrogens is 2. The summed E-state index contributed by atoms with van der Waals surface area (Å²) in [6.45, 7) is 2.11. The van der Waals surface area contributed by atoms with Crippen molar-refractivity contribution in [1.82, 2.24) is 14.9 Å². The Morgan fingerprint density at radius 3 is 2.59 bits per heavy atom. The van der Waals surface area contributed by atoms with Gasteiger partial charge in [0.15, 0.2) is 0 Å². The summed E-state index contributed by atoms with van der Waals surface area (Å²) in [6.07, 6.45) is 2.38. The minimum atomic E-state index is -0.759. The molecule has 2 aromatic carbocycles. The first kappa shape index (κ1) is 21.4. The third-order valence-corrected chi connectivity index (χ3v) is 7.99. The second-order valence-corrected chi connectivity index (χ2v) is 10.4. The topological polar surface area (TPSA) is 66.3 Å². The van der Waals surface area contributed by atoms with Crippen molar-refractivity contribution in [3.05, 3.63) is 83.3 Å². The normalized spacial score (nSPS) is 17.6. The van der Waals surface area contributed by atoms with Gasteiger partial charge in [-0.25, -0.2) is 14.4 Å². The number of hydrogen-bond acceptors (Lipinski definition) is 5. The van der Waals surface area contributed by atoms with Crippen LogP contribution in [0.3, 0.4) is 0 Å². The smallest absolute Gasteiger partial charge is 0.303 e. The molecule has 2 aromatic heterocycles. The minimum absolute atomic E-state index is 0.00711. The van der Waals surface area contributed by atoms with Crippen molar-refractivity contribution in [2.24, 2.45) is 5.92 Å². The van der Waals surface area contributed by atoms with Gasteiger partial charge in [-0.05, 0) is 54.2 Å². The quantitative estimate of drug-likeness (QED) is 0.385. The number of likely N-dealkylation sites (tertiary alicyclic amines) is 1. The summed E-state index contributed by atoms with van der Waals surface area (Å²) in [6, 6.07) is 19.9. The van der Waals surface area contributed by atoms with Gasteiger partial charge in [0.1, 0.15) is 21.2 Å². The molecule has 0 amide bonds. The Labute approximate surface area is 200 Å². The molecule has 1 aliphatic heterocycles. The summed E-state index contributed by atoms with van der Waals surface area (Å²) in [4.78, 5) is 23.4. The number of hydrogen-bond donors (Lipinski definition) is 1. The average molecular weight is 474 g/mol. The molecule has 7 heteroatoms. The van der Waals surface area contributed by atoms with Gasteiger partial charge >= 0.3 is 5.97 Å². The number of rotatable bonds is 7. The zero-order valence-corrected chi connectivity index (χ0v) is 19.4. The molecule has 1 aliphatic carbocycles. The maximum atomic E-state index is 15.0. The van der Waals surface area contributed by atoms with Crippen molar-refractivity contribution in [1.29, 1.82) is 0 Å². The Hall–Kier alpha value is -3.16. The van der Waals surface area contributed by atoms with E-state index in [1.165, 1.54) is 16.9 Å². The number of halogens is 1. The van der Waals surface area contributed by atoms with E-state index in [-0.39, 0.29) is 23.6 Å². The van der Waals surface area contributed by atoms with E-state index in [4.69, 9.17) is 10.1 Å². The van der Waals surface area contributed by atoms with Gasteiger partial charge in [-0.15, -0.1) is 0 Å². The Balaban J connectivity index is 1.21. The predicted molar refractivity (Wildman–Crippen MR) is 130 cm³/mol. The van der Waals surface area contributed by atoms with E-state index in [1.54, 1.807) is 12.1 Å². The van der Waals surface area contributed by atoms with Crippen LogP contribution >= 0.6 is 11.3 Å². The van der Waals surface area contributed by atoms with Gasteiger partial charge in [0.05, 0.1) is 12.1 Å². The molecule has 1 N–H and O–H groups in total. The van der Waals surface area contributed by atoms with E-state index >= 15 is 4.39 Å². The van der Waals surface area contributed by atoms with E-state index in [9.17, 15) is 4.79 Å². The van der Waals surface area contributed by atoms with Crippen molar-refractivity contribution in [3.8, 4) is 10.6 Å². The molecule has 34 heavy (non-hydrogen) atoms. The van der Waals surface area contributed by atoms with Crippen LogP contribution in [0, 0.1) is 11.7 Å². The van der Waals surface area contributed by atoms with Crippen LogP contribution in [-0.2, 0) is 16.8 Å². The summed E-state index contributed by atoms with van der Waals surface area (Å²) in [5.41, 5.74) is 4.52. The fraction of sp³-hybridized carbons (Fsp3) is 0.296. The molecule has 172 valence electrons. The molecule has 3 heterocycles. The summed E-state index contributed by atoms with van der Waals surface area (Å²) in [5, 5.41) is 9.52. The van der Waals surface area contributed by atoms with Crippen LogP contribution in [0.5, 0.6) is 0 Å². The maximum Gasteiger partial charge on any atom is 0.303 e. The van der Waals surface area contributed by atoms with Gasteiger partial charge in [-0.3, -0.25) is 9.69 Å². The maximum absolute atomic E-state index is 15.0. The van der Waals surface area contributed by atoms with Gasteiger partial charge in [-0.1, -0.05) is 47.7 Å². The Morgan fingerprint density at radius 2 is 1.88 bits per heavy atom. The Kier molecular flexibility index (Phi) is 5.19. The van der Waals surface area contributed by atoms with Crippen LogP contribution in [0.15, 0.2) is 60.7 Å². The van der Waals surface area contributed by atoms with E-state index in [1.807, 2.05) is 18.2 Å². The number of fused-ring (bicyclic) bond motifs is 1. The monoisotopic (exact) mass is 473 g/mol. The molecule has 5 nitrogen and oxygen atoms in total. The number of nitrogens with zero attached hydrogens (tertiary/aromatic N) is 3. The lowest BCUT2D eigenvalue weighted by Gasteiger charge is -2.38. The Bertz CT molecular complexity index is 1380. The first-order valence-electron chi connectivity index (χ1n) is 11.6. The molecule has 6 rings (SSSR count). The zero-order chi connectivity index (χ0) is 23.3. The molecule has 0 atom stereocenters. The minimum Gasteiger partial charge on any atom is -0.481 e. The lowest BCUT2D eigenvalue weighted by Crippen LogP contribution is -2.46. The summed E-state index contributed by atoms with van der Waals surface area (Å²) in [5.74, 6) is -0.856. The van der Waals surface area contributed by atoms with E-state index < -0.39 is 5.97 Å². The number of aliphatic carboxylic acids is 1. The summed E-state index contributed by atoms with van der Waals surface area (Å²) >= 11 is 1.43. The molecule has 0 bridgehead atoms. The fourth-order valence-corrected chi connectivity index (χ4v) is 6.01. The van der Waals surface area contributed by atoms with Crippen LogP contribution in [0.1, 0.15) is 36.1 Å². The standard InChI is InChI=1S/C27H24FN3O2S/c28-21-12-17(14-31-15-18(16-31)13-24(32)33)6-7-20(21)25-29-22-8-9-23(30-26(22)34-25)27(10-11-27)19-4-2-1-3-5-19/h1-9,12,18H,10-11,13-16H2,(H,32,33). The summed E-state index contributed by atoms with van der Waals surface area (Å²) < 4.78 is 15.0. The van der Waals surface area contributed by atoms with Crippen molar-refractivity contribution < 1.29 is 14.3 Å². The molecule has 0 unspecified atom stereocenters. The second kappa shape index (κ2) is 8.25. The van der Waals surface area contributed by atoms with Gasteiger partial charge in [-0.2, -0.15) is 0 Å². The first-order valence-corrected chi connectivity index (χ1v) is 12.4. The highest BCUT2D eigenvalue weighted by molar-refractivity contribution is 7.21. The van der Waals surface area contributed by atoms with Crippen LogP contribution in [0.2, 0.25) is 0 Å². The first-order chi connectivity index (χ1) is 16.5. The predicted octanol–water partition coefficient (Wildman–Crippen LogP) is 5.48. The van der Waals surface area contributed by atoms with Crippen molar-refractivity contribution in [2.75, 3.05) is 13.1 Å². The second-order valence-electron chi connectivity index (χ2n) is 9.46.